The maximum Gasteiger partial charge on any atom is 0.416 e. The van der Waals surface area contributed by atoms with Gasteiger partial charge in [-0.2, -0.15) is 18.3 Å². The third-order valence-electron chi connectivity index (χ3n) is 4.51. The van der Waals surface area contributed by atoms with Gasteiger partial charge in [0.1, 0.15) is 23.4 Å². The average Bonchev–Trinajstić information content (AvgIpc) is 3.18. The third kappa shape index (κ3) is 3.10. The average molecular weight is 380 g/mol. The number of benzene rings is 1. The molecule has 3 aromatic rings. The number of hydrogen-bond donors (Lipinski definition) is 2. The molecule has 1 aromatic carbocycles. The molecule has 142 valence electrons. The molecule has 0 unspecified atom stereocenters. The van der Waals surface area contributed by atoms with E-state index in [-0.39, 0.29) is 35.1 Å². The molecule has 27 heavy (non-hydrogen) atoms. The Kier molecular flexibility index (Phi) is 4.04. The van der Waals surface area contributed by atoms with Crippen molar-refractivity contribution < 1.29 is 28.1 Å². The van der Waals surface area contributed by atoms with E-state index in [9.17, 15) is 23.4 Å². The predicted octanol–water partition coefficient (Wildman–Crippen LogP) is 2.46. The lowest BCUT2D eigenvalue weighted by Gasteiger charge is -2.12. The minimum Gasteiger partial charge on any atom is -0.507 e. The molecule has 3 heterocycles. The Bertz CT molecular complexity index is 995. The van der Waals surface area contributed by atoms with Crippen molar-refractivity contribution in [3.05, 3.63) is 35.7 Å². The molecule has 0 spiro atoms. The highest BCUT2D eigenvalue weighted by atomic mass is 19.4. The molecule has 7 nitrogen and oxygen atoms in total. The van der Waals surface area contributed by atoms with E-state index < -0.39 is 23.6 Å². The first-order valence-electron chi connectivity index (χ1n) is 8.13. The highest BCUT2D eigenvalue weighted by molar-refractivity contribution is 5.77. The van der Waals surface area contributed by atoms with Gasteiger partial charge in [-0.05, 0) is 24.6 Å². The minimum atomic E-state index is -4.56. The zero-order chi connectivity index (χ0) is 19.3. The van der Waals surface area contributed by atoms with Gasteiger partial charge >= 0.3 is 6.18 Å². The number of nitrogens with zero attached hydrogens (tertiary/aromatic N) is 4. The number of halogens is 3. The molecule has 4 rings (SSSR count). The zero-order valence-electron chi connectivity index (χ0n) is 14.1. The summed E-state index contributed by atoms with van der Waals surface area (Å²) in [5, 5.41) is 24.3. The highest BCUT2D eigenvalue weighted by Crippen LogP contribution is 2.38. The van der Waals surface area contributed by atoms with E-state index in [4.69, 9.17) is 4.74 Å². The van der Waals surface area contributed by atoms with Crippen molar-refractivity contribution in [3.63, 3.8) is 0 Å². The quantitative estimate of drug-likeness (QED) is 0.710. The molecule has 2 atom stereocenters. The van der Waals surface area contributed by atoms with Crippen molar-refractivity contribution in [2.45, 2.75) is 25.2 Å². The molecule has 0 radical (unpaired) electrons. The summed E-state index contributed by atoms with van der Waals surface area (Å²) in [6, 6.07) is 1.26. The van der Waals surface area contributed by atoms with Crippen LogP contribution >= 0.6 is 0 Å². The molecular weight excluding hydrogens is 365 g/mol. The van der Waals surface area contributed by atoms with Gasteiger partial charge in [-0.1, -0.05) is 0 Å². The lowest BCUT2D eigenvalue weighted by molar-refractivity contribution is -0.137. The summed E-state index contributed by atoms with van der Waals surface area (Å²) in [5.41, 5.74) is 0.368. The van der Waals surface area contributed by atoms with Gasteiger partial charge in [0.05, 0.1) is 36.9 Å². The second kappa shape index (κ2) is 6.17. The summed E-state index contributed by atoms with van der Waals surface area (Å²) in [7, 11) is 0. The monoisotopic (exact) mass is 380 g/mol. The second-order valence-electron chi connectivity index (χ2n) is 6.43. The van der Waals surface area contributed by atoms with E-state index >= 15 is 0 Å². The number of fused-ring (bicyclic) bond motifs is 1. The number of alkyl halides is 3. The maximum absolute atomic E-state index is 12.9. The molecule has 0 saturated carbocycles. The summed E-state index contributed by atoms with van der Waals surface area (Å²) in [6.07, 6.45) is -2.27. The van der Waals surface area contributed by atoms with E-state index in [1.807, 2.05) is 0 Å². The van der Waals surface area contributed by atoms with Gasteiger partial charge in [0, 0.05) is 5.56 Å². The molecule has 0 amide bonds. The molecular formula is C17H15F3N4O3. The number of aliphatic hydroxyl groups is 1. The van der Waals surface area contributed by atoms with Crippen LogP contribution < -0.4 is 0 Å². The first-order valence-corrected chi connectivity index (χ1v) is 8.13. The Balaban J connectivity index is 1.76. The van der Waals surface area contributed by atoms with Crippen molar-refractivity contribution in [2.75, 3.05) is 13.2 Å². The van der Waals surface area contributed by atoms with Crippen LogP contribution in [-0.2, 0) is 10.9 Å². The number of aromatic nitrogens is 4. The summed E-state index contributed by atoms with van der Waals surface area (Å²) >= 11 is 0. The SMILES string of the molecule is Cc1cc(C(F)(F)F)cc(O)c1-c1cnc2cn([C@H]3COC[C@@H]3O)nc2n1. The Morgan fingerprint density at radius 1 is 1.26 bits per heavy atom. The molecule has 1 aliphatic rings. The minimum absolute atomic E-state index is 0.163. The number of phenolic OH excluding ortho intramolecular Hbond substituents is 1. The Labute approximate surface area is 151 Å². The third-order valence-corrected chi connectivity index (χ3v) is 4.51. The Morgan fingerprint density at radius 3 is 2.67 bits per heavy atom. The molecule has 2 aromatic heterocycles. The van der Waals surface area contributed by atoms with Crippen LogP contribution in [0.4, 0.5) is 13.2 Å². The number of phenols is 1. The number of aromatic hydroxyl groups is 1. The van der Waals surface area contributed by atoms with E-state index in [2.05, 4.69) is 15.1 Å². The molecule has 1 aliphatic heterocycles. The molecule has 1 fully saturated rings. The standard InChI is InChI=1S/C17H15F3N4O3/c1-8-2-9(17(18,19)20)3-13(25)15(8)10-4-21-11-5-24(23-16(11)22-10)12-6-27-7-14(12)26/h2-5,12,14,25-26H,6-7H2,1H3/t12-,14-/m0/s1. The van der Waals surface area contributed by atoms with E-state index in [1.165, 1.54) is 17.8 Å². The number of ether oxygens (including phenoxy) is 1. The van der Waals surface area contributed by atoms with Crippen LogP contribution in [0, 0.1) is 6.92 Å². The first-order chi connectivity index (χ1) is 12.7. The fraction of sp³-hybridized carbons (Fsp3) is 0.353. The number of aliphatic hydroxyl groups excluding tert-OH is 1. The van der Waals surface area contributed by atoms with Gasteiger partial charge in [0.2, 0.25) is 0 Å². The Hall–Kier alpha value is -2.72. The molecule has 0 aliphatic carbocycles. The smallest absolute Gasteiger partial charge is 0.416 e. The molecule has 2 N–H and O–H groups in total. The van der Waals surface area contributed by atoms with Gasteiger partial charge in [-0.15, -0.1) is 0 Å². The van der Waals surface area contributed by atoms with Crippen LogP contribution in [0.1, 0.15) is 17.2 Å². The second-order valence-corrected chi connectivity index (χ2v) is 6.43. The first kappa shape index (κ1) is 17.7. The van der Waals surface area contributed by atoms with E-state index in [0.29, 0.717) is 18.2 Å². The number of rotatable bonds is 2. The van der Waals surface area contributed by atoms with E-state index in [0.717, 1.165) is 6.07 Å². The summed E-state index contributed by atoms with van der Waals surface area (Å²) in [6.45, 7) is 1.98. The van der Waals surface area contributed by atoms with Gasteiger partial charge in [0.25, 0.3) is 0 Å². The Morgan fingerprint density at radius 2 is 2.04 bits per heavy atom. The highest BCUT2D eigenvalue weighted by Gasteiger charge is 2.32. The fourth-order valence-corrected chi connectivity index (χ4v) is 3.16. The largest absolute Gasteiger partial charge is 0.507 e. The van der Waals surface area contributed by atoms with Crippen LogP contribution in [0.3, 0.4) is 0 Å². The topological polar surface area (TPSA) is 93.3 Å². The van der Waals surface area contributed by atoms with Crippen LogP contribution in [0.2, 0.25) is 0 Å². The van der Waals surface area contributed by atoms with Gasteiger partial charge in [0.15, 0.2) is 5.65 Å². The van der Waals surface area contributed by atoms with Crippen LogP contribution in [0.15, 0.2) is 24.5 Å². The zero-order valence-corrected chi connectivity index (χ0v) is 14.1. The van der Waals surface area contributed by atoms with Crippen LogP contribution in [0.25, 0.3) is 22.4 Å². The fourth-order valence-electron chi connectivity index (χ4n) is 3.16. The van der Waals surface area contributed by atoms with Crippen molar-refractivity contribution >= 4 is 11.2 Å². The lowest BCUT2D eigenvalue weighted by atomic mass is 10.0. The predicted molar refractivity (Wildman–Crippen MR) is 88.0 cm³/mol. The lowest BCUT2D eigenvalue weighted by Crippen LogP contribution is -2.22. The molecule has 10 heteroatoms. The number of hydrogen-bond acceptors (Lipinski definition) is 6. The van der Waals surface area contributed by atoms with Gasteiger partial charge in [-0.25, -0.2) is 9.97 Å². The van der Waals surface area contributed by atoms with Crippen molar-refractivity contribution in [3.8, 4) is 17.0 Å². The summed E-state index contributed by atoms with van der Waals surface area (Å²) in [5.74, 6) is -0.532. The summed E-state index contributed by atoms with van der Waals surface area (Å²) < 4.78 is 45.4. The van der Waals surface area contributed by atoms with Gasteiger partial charge < -0.3 is 14.9 Å². The van der Waals surface area contributed by atoms with Crippen molar-refractivity contribution in [2.24, 2.45) is 0 Å². The normalized spacial score (nSPS) is 20.5. The van der Waals surface area contributed by atoms with Crippen molar-refractivity contribution in [1.29, 1.82) is 0 Å². The van der Waals surface area contributed by atoms with Crippen molar-refractivity contribution in [1.82, 2.24) is 19.7 Å². The van der Waals surface area contributed by atoms with E-state index in [1.54, 1.807) is 6.20 Å². The van der Waals surface area contributed by atoms with Gasteiger partial charge in [-0.3, -0.25) is 4.68 Å². The van der Waals surface area contributed by atoms with Crippen LogP contribution in [-0.4, -0.2) is 49.3 Å². The molecule has 1 saturated heterocycles. The maximum atomic E-state index is 12.9. The van der Waals surface area contributed by atoms with Crippen LogP contribution in [0.5, 0.6) is 5.75 Å². The number of aryl methyl sites for hydroxylation is 1. The molecule has 0 bridgehead atoms. The summed E-state index contributed by atoms with van der Waals surface area (Å²) in [4.78, 5) is 8.54.